The molecule has 0 saturated heterocycles. The minimum atomic E-state index is -0.0920. The third kappa shape index (κ3) is 6.22. The van der Waals surface area contributed by atoms with Crippen LogP contribution in [0.2, 0.25) is 0 Å². The zero-order valence-electron chi connectivity index (χ0n) is 15.6. The van der Waals surface area contributed by atoms with Crippen LogP contribution in [0.4, 0.5) is 10.8 Å². The van der Waals surface area contributed by atoms with Crippen LogP contribution < -0.4 is 10.6 Å². The van der Waals surface area contributed by atoms with Gasteiger partial charge in [-0.3, -0.25) is 4.79 Å². The lowest BCUT2D eigenvalue weighted by Crippen LogP contribution is -2.21. The lowest BCUT2D eigenvalue weighted by Gasteiger charge is -2.07. The van der Waals surface area contributed by atoms with Gasteiger partial charge in [0.2, 0.25) is 5.91 Å². The number of nitrogens with zero attached hydrogens (tertiary/aromatic N) is 1. The highest BCUT2D eigenvalue weighted by molar-refractivity contribution is 7.15. The Kier molecular flexibility index (Phi) is 6.99. The molecule has 3 rings (SSSR count). The fourth-order valence-electron chi connectivity index (χ4n) is 2.76. The van der Waals surface area contributed by atoms with E-state index in [9.17, 15) is 4.79 Å². The van der Waals surface area contributed by atoms with Crippen LogP contribution in [0.15, 0.2) is 60.8 Å². The predicted octanol–water partition coefficient (Wildman–Crippen LogP) is 5.13. The fourth-order valence-corrected chi connectivity index (χ4v) is 3.62. The largest absolute Gasteiger partial charge is 0.376 e. The maximum Gasteiger partial charge on any atom is 0.245 e. The van der Waals surface area contributed by atoms with Crippen molar-refractivity contribution >= 4 is 28.1 Å². The van der Waals surface area contributed by atoms with Gasteiger partial charge in [0, 0.05) is 23.2 Å². The maximum atomic E-state index is 12.2. The SMILES string of the molecule is CCCCc1ccc(NCC(=O)Nc2ncc(Cc3ccccc3)s2)cc1. The lowest BCUT2D eigenvalue weighted by atomic mass is 10.1. The summed E-state index contributed by atoms with van der Waals surface area (Å²) in [4.78, 5) is 17.6. The third-order valence-electron chi connectivity index (χ3n) is 4.25. The van der Waals surface area contributed by atoms with E-state index in [1.54, 1.807) is 0 Å². The highest BCUT2D eigenvalue weighted by Crippen LogP contribution is 2.21. The summed E-state index contributed by atoms with van der Waals surface area (Å²) >= 11 is 1.52. The van der Waals surface area contributed by atoms with Gasteiger partial charge in [0.05, 0.1) is 6.54 Å². The number of hydrogen-bond donors (Lipinski definition) is 2. The number of rotatable bonds is 9. The van der Waals surface area contributed by atoms with Crippen LogP contribution in [-0.4, -0.2) is 17.4 Å². The number of aryl methyl sites for hydroxylation is 1. The van der Waals surface area contributed by atoms with Crippen molar-refractivity contribution in [2.45, 2.75) is 32.6 Å². The summed E-state index contributed by atoms with van der Waals surface area (Å²) in [5.74, 6) is -0.0920. The molecule has 0 aliphatic rings. The molecule has 0 radical (unpaired) electrons. The minimum Gasteiger partial charge on any atom is -0.376 e. The van der Waals surface area contributed by atoms with Crippen molar-refractivity contribution < 1.29 is 4.79 Å². The molecule has 0 atom stereocenters. The van der Waals surface area contributed by atoms with Crippen LogP contribution >= 0.6 is 11.3 Å². The van der Waals surface area contributed by atoms with Crippen molar-refractivity contribution in [1.82, 2.24) is 4.98 Å². The van der Waals surface area contributed by atoms with Crippen molar-refractivity contribution in [3.05, 3.63) is 76.8 Å². The summed E-state index contributed by atoms with van der Waals surface area (Å²) in [6, 6.07) is 18.5. The Bertz CT molecular complexity index is 844. The molecule has 3 aromatic rings. The zero-order valence-corrected chi connectivity index (χ0v) is 16.4. The van der Waals surface area contributed by atoms with Crippen molar-refractivity contribution in [2.24, 2.45) is 0 Å². The first kappa shape index (κ1) is 19.1. The number of anilines is 2. The number of nitrogens with one attached hydrogen (secondary N) is 2. The van der Waals surface area contributed by atoms with Crippen LogP contribution in [0.1, 0.15) is 35.8 Å². The second-order valence-electron chi connectivity index (χ2n) is 6.50. The molecule has 4 nitrogen and oxygen atoms in total. The van der Waals surface area contributed by atoms with E-state index in [0.29, 0.717) is 5.13 Å². The summed E-state index contributed by atoms with van der Waals surface area (Å²) in [6.07, 6.45) is 6.17. The molecule has 1 heterocycles. The number of amides is 1. The molecule has 0 aliphatic carbocycles. The second-order valence-corrected chi connectivity index (χ2v) is 7.61. The number of benzene rings is 2. The van der Waals surface area contributed by atoms with Gasteiger partial charge in [0.15, 0.2) is 5.13 Å². The molecule has 0 fully saturated rings. The van der Waals surface area contributed by atoms with Gasteiger partial charge in [0.25, 0.3) is 0 Å². The van der Waals surface area contributed by atoms with Crippen molar-refractivity contribution in [2.75, 3.05) is 17.2 Å². The van der Waals surface area contributed by atoms with Crippen molar-refractivity contribution in [3.8, 4) is 0 Å². The fraction of sp³-hybridized carbons (Fsp3) is 0.273. The van der Waals surface area contributed by atoms with Crippen LogP contribution in [0.3, 0.4) is 0 Å². The monoisotopic (exact) mass is 379 g/mol. The average Bonchev–Trinajstić information content (AvgIpc) is 3.13. The van der Waals surface area contributed by atoms with Crippen LogP contribution in [0.5, 0.6) is 0 Å². The predicted molar refractivity (Wildman–Crippen MR) is 114 cm³/mol. The highest BCUT2D eigenvalue weighted by atomic mass is 32.1. The molecule has 0 saturated carbocycles. The zero-order chi connectivity index (χ0) is 18.9. The van der Waals surface area contributed by atoms with E-state index in [1.807, 2.05) is 36.5 Å². The van der Waals surface area contributed by atoms with Gasteiger partial charge in [-0.15, -0.1) is 11.3 Å². The Morgan fingerprint density at radius 1 is 1.04 bits per heavy atom. The van der Waals surface area contributed by atoms with Gasteiger partial charge in [0.1, 0.15) is 0 Å². The van der Waals surface area contributed by atoms with Crippen molar-refractivity contribution in [1.29, 1.82) is 0 Å². The lowest BCUT2D eigenvalue weighted by molar-refractivity contribution is -0.114. The number of aromatic nitrogens is 1. The Morgan fingerprint density at radius 3 is 2.56 bits per heavy atom. The normalized spacial score (nSPS) is 10.6. The van der Waals surface area contributed by atoms with Crippen LogP contribution in [-0.2, 0) is 17.6 Å². The number of carbonyl (C=O) groups excluding carboxylic acids is 1. The summed E-state index contributed by atoms with van der Waals surface area (Å²) in [7, 11) is 0. The van der Waals surface area contributed by atoms with Gasteiger partial charge in [-0.2, -0.15) is 0 Å². The molecule has 0 aliphatic heterocycles. The highest BCUT2D eigenvalue weighted by Gasteiger charge is 2.07. The second kappa shape index (κ2) is 9.88. The van der Waals surface area contributed by atoms with Crippen molar-refractivity contribution in [3.63, 3.8) is 0 Å². The smallest absolute Gasteiger partial charge is 0.245 e. The molecule has 140 valence electrons. The van der Waals surface area contributed by atoms with E-state index < -0.39 is 0 Å². The van der Waals surface area contributed by atoms with E-state index in [1.165, 1.54) is 35.3 Å². The molecule has 1 amide bonds. The Hall–Kier alpha value is -2.66. The van der Waals surface area contributed by atoms with E-state index in [4.69, 9.17) is 0 Å². The number of carbonyl (C=O) groups is 1. The van der Waals surface area contributed by atoms with Gasteiger partial charge in [-0.25, -0.2) is 4.98 Å². The summed E-state index contributed by atoms with van der Waals surface area (Å²) in [6.45, 7) is 2.42. The molecule has 5 heteroatoms. The number of hydrogen-bond acceptors (Lipinski definition) is 4. The molecule has 0 unspecified atom stereocenters. The molecular weight excluding hydrogens is 354 g/mol. The van der Waals surface area contributed by atoms with Gasteiger partial charge in [-0.1, -0.05) is 55.8 Å². The maximum absolute atomic E-state index is 12.2. The Morgan fingerprint density at radius 2 is 1.81 bits per heavy atom. The quantitative estimate of drug-likeness (QED) is 0.542. The summed E-state index contributed by atoms with van der Waals surface area (Å²) in [5, 5.41) is 6.66. The van der Waals surface area contributed by atoms with E-state index in [-0.39, 0.29) is 12.5 Å². The average molecular weight is 380 g/mol. The molecule has 0 bridgehead atoms. The van der Waals surface area contributed by atoms with E-state index in [0.717, 1.165) is 23.4 Å². The first-order valence-corrected chi connectivity index (χ1v) is 10.2. The third-order valence-corrected chi connectivity index (χ3v) is 5.16. The minimum absolute atomic E-state index is 0.0920. The van der Waals surface area contributed by atoms with Gasteiger partial charge >= 0.3 is 0 Å². The van der Waals surface area contributed by atoms with Gasteiger partial charge < -0.3 is 10.6 Å². The van der Waals surface area contributed by atoms with Gasteiger partial charge in [-0.05, 0) is 36.1 Å². The Labute approximate surface area is 164 Å². The molecule has 0 spiro atoms. The number of unbranched alkanes of at least 4 members (excludes halogenated alkanes) is 1. The standard InChI is InChI=1S/C22H25N3OS/c1-2-3-7-17-10-12-19(13-11-17)23-16-21(26)25-22-24-15-20(27-22)14-18-8-5-4-6-9-18/h4-6,8-13,15,23H,2-3,7,14,16H2,1H3,(H,24,25,26). The van der Waals surface area contributed by atoms with E-state index in [2.05, 4.69) is 46.8 Å². The molecular formula is C22H25N3OS. The molecule has 1 aromatic heterocycles. The summed E-state index contributed by atoms with van der Waals surface area (Å²) < 4.78 is 0. The molecule has 2 N–H and O–H groups in total. The first-order valence-electron chi connectivity index (χ1n) is 9.34. The number of thiazole rings is 1. The van der Waals surface area contributed by atoms with E-state index >= 15 is 0 Å². The molecule has 27 heavy (non-hydrogen) atoms. The topological polar surface area (TPSA) is 54.0 Å². The first-order chi connectivity index (χ1) is 13.2. The Balaban J connectivity index is 1.45. The van der Waals surface area contributed by atoms with Crippen LogP contribution in [0, 0.1) is 0 Å². The summed E-state index contributed by atoms with van der Waals surface area (Å²) in [5.41, 5.74) is 3.53. The van der Waals surface area contributed by atoms with Crippen LogP contribution in [0.25, 0.3) is 0 Å². The molecule has 2 aromatic carbocycles.